The first-order chi connectivity index (χ1) is 9.62. The summed E-state index contributed by atoms with van der Waals surface area (Å²) in [5.41, 5.74) is 0.430. The summed E-state index contributed by atoms with van der Waals surface area (Å²) in [5.74, 6) is 3.72. The molecule has 3 nitrogen and oxygen atoms in total. The summed E-state index contributed by atoms with van der Waals surface area (Å²) >= 11 is 3.45. The highest BCUT2D eigenvalue weighted by molar-refractivity contribution is 9.10. The molecule has 0 atom stereocenters. The Morgan fingerprint density at radius 2 is 1.80 bits per heavy atom. The molecule has 4 bridgehead atoms. The molecule has 20 heavy (non-hydrogen) atoms. The second-order valence-corrected chi connectivity index (χ2v) is 8.10. The third-order valence-electron chi connectivity index (χ3n) is 5.56. The zero-order valence-electron chi connectivity index (χ0n) is 11.6. The molecule has 4 aliphatic carbocycles. The Hall–Kier alpha value is -0.770. The highest BCUT2D eigenvalue weighted by atomic mass is 79.9. The summed E-state index contributed by atoms with van der Waals surface area (Å²) in [5, 5.41) is 9.37. The third-order valence-corrected chi connectivity index (χ3v) is 6.15. The Morgan fingerprint density at radius 1 is 1.20 bits per heavy atom. The number of halogens is 1. The van der Waals surface area contributed by atoms with Gasteiger partial charge in [0.15, 0.2) is 0 Å². The van der Waals surface area contributed by atoms with E-state index in [2.05, 4.69) is 15.9 Å². The number of nitrogens with zero attached hydrogens (tertiary/aromatic N) is 1. The molecule has 1 aromatic rings. The molecule has 1 N–H and O–H groups in total. The minimum Gasteiger partial charge on any atom is -0.491 e. The van der Waals surface area contributed by atoms with Crippen molar-refractivity contribution in [3.8, 4) is 5.75 Å². The van der Waals surface area contributed by atoms with Gasteiger partial charge in [0.05, 0.1) is 12.7 Å². The standard InChI is InChI=1S/C16H21BrNO2/c17-14-9-18(19)2-1-15(14)20-10-16-6-11-3-12(7-16)5-13(4-11)8-16/h1-2,9,11-13,19H,3-8,10H2/q+1. The van der Waals surface area contributed by atoms with Crippen molar-refractivity contribution in [2.75, 3.05) is 6.61 Å². The fourth-order valence-corrected chi connectivity index (χ4v) is 5.72. The van der Waals surface area contributed by atoms with Crippen LogP contribution in [0.5, 0.6) is 5.75 Å². The predicted molar refractivity (Wildman–Crippen MR) is 77.6 cm³/mol. The lowest BCUT2D eigenvalue weighted by Crippen LogP contribution is -2.48. The van der Waals surface area contributed by atoms with Gasteiger partial charge < -0.3 is 4.74 Å². The summed E-state index contributed by atoms with van der Waals surface area (Å²) < 4.78 is 7.96. The molecule has 0 aromatic carbocycles. The van der Waals surface area contributed by atoms with Gasteiger partial charge in [0.1, 0.15) is 10.2 Å². The van der Waals surface area contributed by atoms with Crippen LogP contribution in [0.3, 0.4) is 0 Å². The average Bonchev–Trinajstić information content (AvgIpc) is 2.36. The molecule has 0 radical (unpaired) electrons. The minimum atomic E-state index is 0.430. The van der Waals surface area contributed by atoms with Gasteiger partial charge >= 0.3 is 0 Å². The Morgan fingerprint density at radius 3 is 2.35 bits per heavy atom. The molecule has 0 amide bonds. The molecule has 0 aliphatic heterocycles. The van der Waals surface area contributed by atoms with Gasteiger partial charge in [0, 0.05) is 10.1 Å². The molecule has 0 saturated heterocycles. The van der Waals surface area contributed by atoms with E-state index in [1.165, 1.54) is 38.5 Å². The van der Waals surface area contributed by atoms with Crippen molar-refractivity contribution < 1.29 is 14.7 Å². The maximum absolute atomic E-state index is 9.37. The summed E-state index contributed by atoms with van der Waals surface area (Å²) in [7, 11) is 0. The smallest absolute Gasteiger partial charge is 0.240 e. The number of pyridine rings is 1. The van der Waals surface area contributed by atoms with Crippen molar-refractivity contribution >= 4 is 15.9 Å². The van der Waals surface area contributed by atoms with Gasteiger partial charge in [-0.3, -0.25) is 5.21 Å². The average molecular weight is 339 g/mol. The molecule has 0 unspecified atom stereocenters. The van der Waals surface area contributed by atoms with Crippen LogP contribution in [0.1, 0.15) is 38.5 Å². The molecular formula is C16H21BrNO2+. The molecule has 108 valence electrons. The Balaban J connectivity index is 1.49. The molecule has 4 saturated carbocycles. The van der Waals surface area contributed by atoms with Gasteiger partial charge in [0.2, 0.25) is 12.4 Å². The van der Waals surface area contributed by atoms with Crippen LogP contribution in [0.15, 0.2) is 22.9 Å². The van der Waals surface area contributed by atoms with Crippen LogP contribution < -0.4 is 9.47 Å². The fourth-order valence-electron chi connectivity index (χ4n) is 5.26. The number of hydrogen-bond acceptors (Lipinski definition) is 2. The van der Waals surface area contributed by atoms with Crippen molar-refractivity contribution in [3.05, 3.63) is 22.9 Å². The van der Waals surface area contributed by atoms with Crippen LogP contribution in [0.2, 0.25) is 0 Å². The van der Waals surface area contributed by atoms with Gasteiger partial charge in [-0.15, -0.1) is 0 Å². The van der Waals surface area contributed by atoms with Crippen molar-refractivity contribution in [3.63, 3.8) is 0 Å². The van der Waals surface area contributed by atoms with Gasteiger partial charge in [-0.1, -0.05) is 0 Å². The van der Waals surface area contributed by atoms with E-state index in [1.54, 1.807) is 12.4 Å². The number of rotatable bonds is 3. The number of aromatic nitrogens is 1. The lowest BCUT2D eigenvalue weighted by atomic mass is 9.50. The molecule has 5 rings (SSSR count). The van der Waals surface area contributed by atoms with E-state index in [0.717, 1.165) is 39.3 Å². The van der Waals surface area contributed by atoms with E-state index in [0.29, 0.717) is 5.41 Å². The van der Waals surface area contributed by atoms with Crippen LogP contribution in [-0.4, -0.2) is 11.8 Å². The summed E-state index contributed by atoms with van der Waals surface area (Å²) in [6.45, 7) is 0.838. The lowest BCUT2D eigenvalue weighted by Gasteiger charge is -2.56. The molecule has 4 aliphatic rings. The zero-order valence-corrected chi connectivity index (χ0v) is 13.2. The van der Waals surface area contributed by atoms with E-state index >= 15 is 0 Å². The van der Waals surface area contributed by atoms with Crippen molar-refractivity contribution in [1.29, 1.82) is 0 Å². The first kappa shape index (κ1) is 12.9. The van der Waals surface area contributed by atoms with Crippen LogP contribution in [0.25, 0.3) is 0 Å². The van der Waals surface area contributed by atoms with Gasteiger partial charge in [0.25, 0.3) is 0 Å². The number of hydrogen-bond donors (Lipinski definition) is 1. The van der Waals surface area contributed by atoms with E-state index in [9.17, 15) is 5.21 Å². The third kappa shape index (κ3) is 2.22. The number of ether oxygens (including phenoxy) is 1. The largest absolute Gasteiger partial charge is 0.491 e. The van der Waals surface area contributed by atoms with Crippen molar-refractivity contribution in [2.24, 2.45) is 23.2 Å². The van der Waals surface area contributed by atoms with E-state index in [-0.39, 0.29) is 0 Å². The van der Waals surface area contributed by atoms with Crippen LogP contribution >= 0.6 is 15.9 Å². The summed E-state index contributed by atoms with van der Waals surface area (Å²) in [6.07, 6.45) is 11.7. The highest BCUT2D eigenvalue weighted by Crippen LogP contribution is 2.60. The molecule has 0 spiro atoms. The zero-order chi connectivity index (χ0) is 13.7. The van der Waals surface area contributed by atoms with Crippen molar-refractivity contribution in [1.82, 2.24) is 0 Å². The second-order valence-electron chi connectivity index (χ2n) is 7.24. The minimum absolute atomic E-state index is 0.430. The van der Waals surface area contributed by atoms with Gasteiger partial charge in [-0.2, -0.15) is 0 Å². The quantitative estimate of drug-likeness (QED) is 0.675. The second kappa shape index (κ2) is 4.62. The maximum Gasteiger partial charge on any atom is 0.240 e. The molecule has 4 heteroatoms. The van der Waals surface area contributed by atoms with E-state index < -0.39 is 0 Å². The Labute approximate surface area is 128 Å². The topological polar surface area (TPSA) is 33.3 Å². The van der Waals surface area contributed by atoms with E-state index in [4.69, 9.17) is 4.74 Å². The fraction of sp³-hybridized carbons (Fsp3) is 0.688. The molecular weight excluding hydrogens is 318 g/mol. The lowest BCUT2D eigenvalue weighted by molar-refractivity contribution is -0.905. The molecule has 1 aromatic heterocycles. The highest BCUT2D eigenvalue weighted by Gasteiger charge is 2.51. The Bertz CT molecular complexity index is 496. The summed E-state index contributed by atoms with van der Waals surface area (Å²) in [4.78, 5) is 0. The maximum atomic E-state index is 9.37. The Kier molecular flexibility index (Phi) is 2.99. The van der Waals surface area contributed by atoms with Crippen molar-refractivity contribution in [2.45, 2.75) is 38.5 Å². The first-order valence-corrected chi connectivity index (χ1v) is 8.44. The predicted octanol–water partition coefficient (Wildman–Crippen LogP) is 3.57. The van der Waals surface area contributed by atoms with Crippen LogP contribution in [-0.2, 0) is 0 Å². The first-order valence-electron chi connectivity index (χ1n) is 7.65. The van der Waals surface area contributed by atoms with Crippen LogP contribution in [0, 0.1) is 23.2 Å². The monoisotopic (exact) mass is 338 g/mol. The van der Waals surface area contributed by atoms with Crippen LogP contribution in [0.4, 0.5) is 0 Å². The van der Waals surface area contributed by atoms with Gasteiger partial charge in [-0.05, 0) is 72.2 Å². The SMILES string of the molecule is O[n+]1ccc(OCC23CC4CC(CC(C4)C2)C3)c(Br)c1. The normalized spacial score (nSPS) is 38.1. The molecule has 1 heterocycles. The molecule has 4 fully saturated rings. The van der Waals surface area contributed by atoms with Gasteiger partial charge in [-0.25, -0.2) is 0 Å². The van der Waals surface area contributed by atoms with E-state index in [1.807, 2.05) is 6.07 Å². The summed E-state index contributed by atoms with van der Waals surface area (Å²) in [6, 6.07) is 1.82.